The van der Waals surface area contributed by atoms with Crippen molar-refractivity contribution in [3.05, 3.63) is 23.8 Å². The maximum absolute atomic E-state index is 10.9. The number of carbonyl (C=O) groups is 1. The van der Waals surface area contributed by atoms with Crippen LogP contribution in [0.3, 0.4) is 0 Å². The number of ether oxygens (including phenoxy) is 2. The minimum atomic E-state index is -0.980. The van der Waals surface area contributed by atoms with Crippen LogP contribution >= 0.6 is 0 Å². The van der Waals surface area contributed by atoms with Crippen molar-refractivity contribution in [1.82, 2.24) is 0 Å². The van der Waals surface area contributed by atoms with E-state index in [2.05, 4.69) is 0 Å². The molecular weight excluding hydrogens is 222 g/mol. The van der Waals surface area contributed by atoms with Gasteiger partial charge in [-0.2, -0.15) is 0 Å². The van der Waals surface area contributed by atoms with E-state index >= 15 is 0 Å². The highest BCUT2D eigenvalue weighted by Gasteiger charge is 2.18. The van der Waals surface area contributed by atoms with Crippen molar-refractivity contribution in [1.29, 1.82) is 0 Å². The van der Waals surface area contributed by atoms with E-state index in [4.69, 9.17) is 20.3 Å². The van der Waals surface area contributed by atoms with Gasteiger partial charge in [0, 0.05) is 12.1 Å². The van der Waals surface area contributed by atoms with Gasteiger partial charge in [-0.05, 0) is 24.6 Å². The van der Waals surface area contributed by atoms with Crippen molar-refractivity contribution >= 4 is 5.97 Å². The quantitative estimate of drug-likeness (QED) is 0.784. The molecule has 0 radical (unpaired) electrons. The van der Waals surface area contributed by atoms with Crippen LogP contribution in [0.15, 0.2) is 18.2 Å². The number of hydrogen-bond acceptors (Lipinski definition) is 4. The fraction of sp³-hybridized carbons (Fsp3) is 0.417. The molecule has 5 nitrogen and oxygen atoms in total. The molecule has 0 fully saturated rings. The Kier molecular flexibility index (Phi) is 4.78. The average molecular weight is 239 g/mol. The second-order valence-electron chi connectivity index (χ2n) is 3.53. The van der Waals surface area contributed by atoms with Crippen LogP contribution in [0.2, 0.25) is 0 Å². The monoisotopic (exact) mass is 239 g/mol. The Morgan fingerprint density at radius 1 is 1.53 bits per heavy atom. The van der Waals surface area contributed by atoms with Gasteiger partial charge in [0.15, 0.2) is 6.10 Å². The number of rotatable bonds is 6. The lowest BCUT2D eigenvalue weighted by atomic mass is 10.2. The van der Waals surface area contributed by atoms with Crippen LogP contribution in [0.4, 0.5) is 0 Å². The molecule has 0 saturated heterocycles. The Morgan fingerprint density at radius 3 is 2.71 bits per heavy atom. The van der Waals surface area contributed by atoms with Gasteiger partial charge in [-0.25, -0.2) is 4.79 Å². The van der Waals surface area contributed by atoms with Crippen LogP contribution in [0.5, 0.6) is 11.5 Å². The van der Waals surface area contributed by atoms with E-state index in [0.29, 0.717) is 17.9 Å². The van der Waals surface area contributed by atoms with Crippen LogP contribution in [0.25, 0.3) is 0 Å². The van der Waals surface area contributed by atoms with Crippen LogP contribution in [0, 0.1) is 0 Å². The molecule has 0 aliphatic rings. The lowest BCUT2D eigenvalue weighted by Crippen LogP contribution is -2.26. The number of aliphatic carboxylic acids is 1. The Bertz CT molecular complexity index is 392. The van der Waals surface area contributed by atoms with Crippen molar-refractivity contribution in [2.75, 3.05) is 7.11 Å². The minimum Gasteiger partial charge on any atom is -0.497 e. The molecule has 0 spiro atoms. The molecule has 0 heterocycles. The molecule has 0 aromatic heterocycles. The first kappa shape index (κ1) is 13.3. The van der Waals surface area contributed by atoms with Crippen molar-refractivity contribution in [3.8, 4) is 11.5 Å². The molecule has 17 heavy (non-hydrogen) atoms. The summed E-state index contributed by atoms with van der Waals surface area (Å²) in [4.78, 5) is 10.9. The summed E-state index contributed by atoms with van der Waals surface area (Å²) < 4.78 is 10.5. The van der Waals surface area contributed by atoms with Crippen LogP contribution in [0.1, 0.15) is 18.9 Å². The summed E-state index contributed by atoms with van der Waals surface area (Å²) in [5.74, 6) is 0.176. The smallest absolute Gasteiger partial charge is 0.344 e. The summed E-state index contributed by atoms with van der Waals surface area (Å²) in [6, 6.07) is 5.12. The van der Waals surface area contributed by atoms with Crippen molar-refractivity contribution in [2.24, 2.45) is 5.73 Å². The zero-order valence-electron chi connectivity index (χ0n) is 9.97. The number of carboxylic acids is 1. The molecule has 0 aliphatic carbocycles. The third-order valence-corrected chi connectivity index (χ3v) is 2.40. The zero-order chi connectivity index (χ0) is 12.8. The molecule has 3 N–H and O–H groups in total. The van der Waals surface area contributed by atoms with Gasteiger partial charge in [-0.3, -0.25) is 0 Å². The Labute approximate surface area is 100 Å². The molecule has 94 valence electrons. The summed E-state index contributed by atoms with van der Waals surface area (Å²) in [6.45, 7) is 2.02. The number of carboxylic acid groups (broad SMARTS) is 1. The molecule has 1 atom stereocenters. The molecular formula is C12H17NO4. The SMILES string of the molecule is CCC(Oc1ccc(OC)cc1CN)C(=O)O. The van der Waals surface area contributed by atoms with Gasteiger partial charge < -0.3 is 20.3 Å². The van der Waals surface area contributed by atoms with Gasteiger partial charge in [0.2, 0.25) is 0 Å². The average Bonchev–Trinajstić information content (AvgIpc) is 2.35. The van der Waals surface area contributed by atoms with E-state index in [-0.39, 0.29) is 6.54 Å². The second-order valence-corrected chi connectivity index (χ2v) is 3.53. The second kappa shape index (κ2) is 6.10. The largest absolute Gasteiger partial charge is 0.497 e. The molecule has 0 bridgehead atoms. The van der Waals surface area contributed by atoms with E-state index in [1.807, 2.05) is 0 Å². The zero-order valence-corrected chi connectivity index (χ0v) is 9.97. The Morgan fingerprint density at radius 2 is 2.24 bits per heavy atom. The van der Waals surface area contributed by atoms with Gasteiger partial charge >= 0.3 is 5.97 Å². The maximum Gasteiger partial charge on any atom is 0.344 e. The third kappa shape index (κ3) is 3.35. The summed E-state index contributed by atoms with van der Waals surface area (Å²) in [7, 11) is 1.56. The molecule has 1 rings (SSSR count). The summed E-state index contributed by atoms with van der Waals surface area (Å²) >= 11 is 0. The third-order valence-electron chi connectivity index (χ3n) is 2.40. The van der Waals surface area contributed by atoms with Crippen LogP contribution < -0.4 is 15.2 Å². The van der Waals surface area contributed by atoms with Gasteiger partial charge in [-0.15, -0.1) is 0 Å². The van der Waals surface area contributed by atoms with E-state index < -0.39 is 12.1 Å². The number of methoxy groups -OCH3 is 1. The van der Waals surface area contributed by atoms with Gasteiger partial charge in [0.25, 0.3) is 0 Å². The van der Waals surface area contributed by atoms with Crippen LogP contribution in [-0.4, -0.2) is 24.3 Å². The van der Waals surface area contributed by atoms with E-state index in [1.165, 1.54) is 0 Å². The predicted molar refractivity (Wildman–Crippen MR) is 63.2 cm³/mol. The molecule has 0 amide bonds. The predicted octanol–water partition coefficient (Wildman–Crippen LogP) is 1.40. The summed E-state index contributed by atoms with van der Waals surface area (Å²) in [5, 5.41) is 8.92. The van der Waals surface area contributed by atoms with E-state index in [1.54, 1.807) is 32.2 Å². The van der Waals surface area contributed by atoms with Crippen molar-refractivity contribution < 1.29 is 19.4 Å². The van der Waals surface area contributed by atoms with E-state index in [9.17, 15) is 4.79 Å². The highest BCUT2D eigenvalue weighted by Crippen LogP contribution is 2.25. The first-order chi connectivity index (χ1) is 8.12. The summed E-state index contributed by atoms with van der Waals surface area (Å²) in [5.41, 5.74) is 6.31. The fourth-order valence-corrected chi connectivity index (χ4v) is 1.42. The minimum absolute atomic E-state index is 0.266. The molecule has 1 aromatic rings. The van der Waals surface area contributed by atoms with E-state index in [0.717, 1.165) is 5.56 Å². The normalized spacial score (nSPS) is 11.9. The van der Waals surface area contributed by atoms with Gasteiger partial charge in [0.05, 0.1) is 7.11 Å². The lowest BCUT2D eigenvalue weighted by Gasteiger charge is -2.16. The Balaban J connectivity index is 2.93. The van der Waals surface area contributed by atoms with Crippen LogP contribution in [-0.2, 0) is 11.3 Å². The molecule has 0 saturated carbocycles. The first-order valence-corrected chi connectivity index (χ1v) is 5.38. The number of benzene rings is 1. The molecule has 1 aromatic carbocycles. The van der Waals surface area contributed by atoms with Crippen molar-refractivity contribution in [3.63, 3.8) is 0 Å². The highest BCUT2D eigenvalue weighted by molar-refractivity contribution is 5.72. The topological polar surface area (TPSA) is 81.8 Å². The lowest BCUT2D eigenvalue weighted by molar-refractivity contribution is -0.145. The van der Waals surface area contributed by atoms with Gasteiger partial charge in [0.1, 0.15) is 11.5 Å². The van der Waals surface area contributed by atoms with Gasteiger partial charge in [-0.1, -0.05) is 6.92 Å². The molecule has 0 aliphatic heterocycles. The Hall–Kier alpha value is -1.75. The molecule has 1 unspecified atom stereocenters. The fourth-order valence-electron chi connectivity index (χ4n) is 1.42. The maximum atomic E-state index is 10.9. The standard InChI is InChI=1S/C12H17NO4/c1-3-10(12(14)15)17-11-5-4-9(16-2)6-8(11)7-13/h4-6,10H,3,7,13H2,1-2H3,(H,14,15). The number of hydrogen-bond donors (Lipinski definition) is 2. The first-order valence-electron chi connectivity index (χ1n) is 5.38. The number of nitrogens with two attached hydrogens (primary N) is 1. The molecule has 5 heteroatoms. The summed E-state index contributed by atoms with van der Waals surface area (Å²) in [6.07, 6.45) is -0.459. The van der Waals surface area contributed by atoms with Crippen molar-refractivity contribution in [2.45, 2.75) is 26.0 Å². The highest BCUT2D eigenvalue weighted by atomic mass is 16.5.